The Balaban J connectivity index is 2.13. The Morgan fingerprint density at radius 3 is 1.80 bits per heavy atom. The Morgan fingerprint density at radius 2 is 1.24 bits per heavy atom. The van der Waals surface area contributed by atoms with Crippen molar-refractivity contribution >= 4 is 44.9 Å². The van der Waals surface area contributed by atoms with E-state index in [9.17, 15) is 0 Å². The fraction of sp³-hybridized carbons (Fsp3) is 0.500. The van der Waals surface area contributed by atoms with Crippen molar-refractivity contribution in [2.75, 3.05) is 0 Å². The molecule has 0 saturated carbocycles. The van der Waals surface area contributed by atoms with E-state index >= 15 is 0 Å². The molecular weight excluding hydrogens is 407 g/mol. The van der Waals surface area contributed by atoms with Gasteiger partial charge in [-0.2, -0.15) is 0 Å². The molecule has 0 spiro atoms. The van der Waals surface area contributed by atoms with Gasteiger partial charge in [-0.05, 0) is 0 Å². The van der Waals surface area contributed by atoms with Gasteiger partial charge in [0.2, 0.25) is 0 Å². The van der Waals surface area contributed by atoms with Crippen molar-refractivity contribution in [3.05, 3.63) is 41.5 Å². The summed E-state index contributed by atoms with van der Waals surface area (Å²) in [5, 5.41) is 3.16. The van der Waals surface area contributed by atoms with Gasteiger partial charge in [-0.1, -0.05) is 0 Å². The first-order valence-corrected chi connectivity index (χ1v) is 18.0. The second-order valence-corrected chi connectivity index (χ2v) is 21.0. The summed E-state index contributed by atoms with van der Waals surface area (Å²) in [6.07, 6.45) is 13.0. The molecule has 0 nitrogen and oxygen atoms in total. The molecule has 0 amide bonds. The van der Waals surface area contributed by atoms with E-state index in [4.69, 9.17) is 0 Å². The normalized spacial score (nSPS) is 13.1. The molecule has 2 aromatic rings. The van der Waals surface area contributed by atoms with Gasteiger partial charge in [0.15, 0.2) is 0 Å². The SMILES string of the molecule is CCC[CH2][Sn]([CH2]CCC)([CH2]CCC)[c]1ccc2c3c(cccc13)C=C2. The quantitative estimate of drug-likeness (QED) is 0.288. The summed E-state index contributed by atoms with van der Waals surface area (Å²) in [5.74, 6) is 0. The topological polar surface area (TPSA) is 0 Å². The van der Waals surface area contributed by atoms with Crippen molar-refractivity contribution in [2.45, 2.75) is 72.6 Å². The van der Waals surface area contributed by atoms with Gasteiger partial charge in [0, 0.05) is 0 Å². The van der Waals surface area contributed by atoms with Crippen LogP contribution in [0, 0.1) is 0 Å². The average Bonchev–Trinajstić information content (AvgIpc) is 3.07. The molecule has 1 heteroatoms. The molecule has 0 unspecified atom stereocenters. The molecule has 0 atom stereocenters. The predicted octanol–water partition coefficient (Wildman–Crippen LogP) is 7.38. The van der Waals surface area contributed by atoms with E-state index in [-0.39, 0.29) is 0 Å². The van der Waals surface area contributed by atoms with E-state index in [1.165, 1.54) is 49.7 Å². The first kappa shape index (κ1) is 19.0. The fourth-order valence-corrected chi connectivity index (χ4v) is 21.4. The molecule has 0 aromatic heterocycles. The summed E-state index contributed by atoms with van der Waals surface area (Å²) in [4.78, 5) is 0. The molecule has 0 N–H and O–H groups in total. The second kappa shape index (κ2) is 8.75. The van der Waals surface area contributed by atoms with Crippen LogP contribution in [0.3, 0.4) is 0 Å². The van der Waals surface area contributed by atoms with Crippen LogP contribution in [0.2, 0.25) is 13.3 Å². The first-order chi connectivity index (χ1) is 12.3. The second-order valence-electron chi connectivity index (χ2n) is 7.90. The van der Waals surface area contributed by atoms with E-state index < -0.39 is 18.4 Å². The summed E-state index contributed by atoms with van der Waals surface area (Å²) >= 11 is -2.37. The summed E-state index contributed by atoms with van der Waals surface area (Å²) in [6.45, 7) is 7.11. The monoisotopic (exact) mass is 442 g/mol. The molecule has 1 aliphatic rings. The van der Waals surface area contributed by atoms with Crippen molar-refractivity contribution in [3.8, 4) is 0 Å². The van der Waals surface area contributed by atoms with Crippen molar-refractivity contribution in [2.24, 2.45) is 0 Å². The third-order valence-electron chi connectivity index (χ3n) is 6.15. The first-order valence-electron chi connectivity index (χ1n) is 10.5. The third kappa shape index (κ3) is 3.84. The van der Waals surface area contributed by atoms with E-state index in [1.807, 2.05) is 3.58 Å². The maximum atomic E-state index is 2.56. The molecule has 3 rings (SSSR count). The van der Waals surface area contributed by atoms with Gasteiger partial charge in [-0.3, -0.25) is 0 Å². The molecule has 2 aromatic carbocycles. The minimum atomic E-state index is -2.37. The van der Waals surface area contributed by atoms with E-state index in [1.54, 1.807) is 24.1 Å². The molecule has 0 saturated heterocycles. The van der Waals surface area contributed by atoms with Crippen LogP contribution in [0.1, 0.15) is 70.4 Å². The number of benzene rings is 2. The molecule has 0 bridgehead atoms. The Labute approximate surface area is 158 Å². The van der Waals surface area contributed by atoms with Gasteiger partial charge < -0.3 is 0 Å². The van der Waals surface area contributed by atoms with Gasteiger partial charge >= 0.3 is 159 Å². The Hall–Kier alpha value is -0.761. The van der Waals surface area contributed by atoms with Crippen LogP contribution < -0.4 is 3.58 Å². The Morgan fingerprint density at radius 1 is 0.680 bits per heavy atom. The van der Waals surface area contributed by atoms with Crippen LogP contribution in [0.4, 0.5) is 0 Å². The molecule has 0 fully saturated rings. The summed E-state index contributed by atoms with van der Waals surface area (Å²) < 4.78 is 6.50. The molecule has 0 radical (unpaired) electrons. The van der Waals surface area contributed by atoms with E-state index in [0.717, 1.165) is 0 Å². The van der Waals surface area contributed by atoms with Gasteiger partial charge in [-0.25, -0.2) is 0 Å². The van der Waals surface area contributed by atoms with Crippen molar-refractivity contribution in [3.63, 3.8) is 0 Å². The van der Waals surface area contributed by atoms with Gasteiger partial charge in [0.05, 0.1) is 0 Å². The maximum absolute atomic E-state index is 2.56. The van der Waals surface area contributed by atoms with Crippen LogP contribution in [-0.2, 0) is 0 Å². The predicted molar refractivity (Wildman–Crippen MR) is 117 cm³/mol. The third-order valence-corrected chi connectivity index (χ3v) is 21.9. The number of hydrogen-bond donors (Lipinski definition) is 0. The van der Waals surface area contributed by atoms with Gasteiger partial charge in [0.1, 0.15) is 0 Å². The number of rotatable bonds is 10. The zero-order valence-corrected chi connectivity index (χ0v) is 19.3. The van der Waals surface area contributed by atoms with Crippen LogP contribution in [0.15, 0.2) is 30.3 Å². The standard InChI is InChI=1S/C12H7.3C4H9.Sn/c1-3-9-4-2-6-11-8-7-10(5-1)12(9)11;3*1-3-4-2;/h1-3,5-8H;3*1,3-4H2,2H3;. The summed E-state index contributed by atoms with van der Waals surface area (Å²) in [7, 11) is 0. The van der Waals surface area contributed by atoms with Crippen LogP contribution in [-0.4, -0.2) is 18.4 Å². The summed E-state index contributed by atoms with van der Waals surface area (Å²) in [6, 6.07) is 12.0. The molecule has 134 valence electrons. The van der Waals surface area contributed by atoms with E-state index in [2.05, 4.69) is 63.3 Å². The Kier molecular flexibility index (Phi) is 6.66. The molecule has 0 heterocycles. The fourth-order valence-electron chi connectivity index (χ4n) is 4.71. The zero-order valence-electron chi connectivity index (χ0n) is 16.4. The van der Waals surface area contributed by atoms with Gasteiger partial charge in [0.25, 0.3) is 0 Å². The zero-order chi connectivity index (χ0) is 17.7. The average molecular weight is 441 g/mol. The van der Waals surface area contributed by atoms with Crippen molar-refractivity contribution < 1.29 is 0 Å². The Bertz CT molecular complexity index is 707. The molecular formula is C24H34Sn. The van der Waals surface area contributed by atoms with Crippen LogP contribution in [0.25, 0.3) is 22.9 Å². The van der Waals surface area contributed by atoms with Crippen molar-refractivity contribution in [1.82, 2.24) is 0 Å². The molecule has 0 aliphatic heterocycles. The van der Waals surface area contributed by atoms with Gasteiger partial charge in [-0.15, -0.1) is 0 Å². The van der Waals surface area contributed by atoms with Crippen LogP contribution >= 0.6 is 0 Å². The number of unbranched alkanes of at least 4 members (excludes halogenated alkanes) is 3. The minimum absolute atomic E-state index is 1.35. The van der Waals surface area contributed by atoms with Crippen LogP contribution in [0.5, 0.6) is 0 Å². The van der Waals surface area contributed by atoms with Crippen molar-refractivity contribution in [1.29, 1.82) is 0 Å². The number of hydrogen-bond acceptors (Lipinski definition) is 0. The summed E-state index contributed by atoms with van der Waals surface area (Å²) in [5.41, 5.74) is 2.88. The molecule has 25 heavy (non-hydrogen) atoms. The molecule has 1 aliphatic carbocycles. The van der Waals surface area contributed by atoms with E-state index in [0.29, 0.717) is 0 Å².